The number of aryl methyl sites for hydroxylation is 1. The van der Waals surface area contributed by atoms with E-state index in [1.165, 1.54) is 0 Å². The van der Waals surface area contributed by atoms with Crippen LogP contribution in [0.3, 0.4) is 0 Å². The summed E-state index contributed by atoms with van der Waals surface area (Å²) in [6.45, 7) is 4.11. The topological polar surface area (TPSA) is 71.1 Å². The zero-order chi connectivity index (χ0) is 19.5. The number of nitrogens with zero attached hydrogens (tertiary/aromatic N) is 2. The van der Waals surface area contributed by atoms with Crippen LogP contribution in [-0.4, -0.2) is 60.6 Å². The van der Waals surface area contributed by atoms with Crippen LogP contribution in [0, 0.1) is 6.92 Å². The third-order valence-electron chi connectivity index (χ3n) is 4.97. The van der Waals surface area contributed by atoms with Crippen LogP contribution in [0.25, 0.3) is 0 Å². The van der Waals surface area contributed by atoms with Crippen LogP contribution in [0.1, 0.15) is 5.56 Å². The van der Waals surface area contributed by atoms with Gasteiger partial charge >= 0.3 is 6.03 Å². The Morgan fingerprint density at radius 3 is 2.29 bits per heavy atom. The van der Waals surface area contributed by atoms with Gasteiger partial charge in [-0.05, 0) is 31.2 Å². The minimum absolute atomic E-state index is 0.104. The zero-order valence-corrected chi connectivity index (χ0v) is 15.8. The second kappa shape index (κ2) is 7.80. The number of hydrogen-bond donors (Lipinski definition) is 1. The molecule has 1 atom stereocenters. The Kier molecular flexibility index (Phi) is 5.06. The van der Waals surface area contributed by atoms with E-state index in [1.54, 1.807) is 15.9 Å². The molecule has 2 aromatic carbocycles. The number of benzene rings is 2. The normalized spacial score (nSPS) is 18.5. The summed E-state index contributed by atoms with van der Waals surface area (Å²) in [5, 5.41) is 2.90. The first-order chi connectivity index (χ1) is 13.6. The van der Waals surface area contributed by atoms with Crippen LogP contribution in [0.15, 0.2) is 48.5 Å². The fourth-order valence-electron chi connectivity index (χ4n) is 3.31. The average Bonchev–Trinajstić information content (AvgIpc) is 2.74. The molecule has 0 bridgehead atoms. The Balaban J connectivity index is 1.29. The monoisotopic (exact) mass is 381 g/mol. The van der Waals surface area contributed by atoms with Crippen molar-refractivity contribution < 1.29 is 19.1 Å². The molecule has 2 aliphatic rings. The first kappa shape index (κ1) is 18.2. The lowest BCUT2D eigenvalue weighted by Crippen LogP contribution is -2.55. The largest absolute Gasteiger partial charge is 0.485 e. The molecule has 4 rings (SSSR count). The Labute approximate surface area is 163 Å². The highest BCUT2D eigenvalue weighted by Gasteiger charge is 2.33. The van der Waals surface area contributed by atoms with Gasteiger partial charge in [-0.1, -0.05) is 29.8 Å². The summed E-state index contributed by atoms with van der Waals surface area (Å²) < 4.78 is 11.4. The maximum Gasteiger partial charge on any atom is 0.321 e. The number of ether oxygens (including phenoxy) is 2. The third-order valence-corrected chi connectivity index (χ3v) is 4.97. The second-order valence-electron chi connectivity index (χ2n) is 6.97. The number of hydrogen-bond acceptors (Lipinski definition) is 4. The molecular weight excluding hydrogens is 358 g/mol. The Morgan fingerprint density at radius 2 is 1.57 bits per heavy atom. The van der Waals surface area contributed by atoms with E-state index in [-0.39, 0.29) is 18.5 Å². The van der Waals surface area contributed by atoms with Gasteiger partial charge in [0.15, 0.2) is 11.5 Å². The van der Waals surface area contributed by atoms with Crippen LogP contribution in [0.5, 0.6) is 11.5 Å². The van der Waals surface area contributed by atoms with Gasteiger partial charge in [0.1, 0.15) is 6.61 Å². The molecule has 7 heteroatoms. The van der Waals surface area contributed by atoms with Crippen LogP contribution in [0.4, 0.5) is 10.5 Å². The standard InChI is InChI=1S/C21H23N3O4/c1-15-6-8-16(9-7-15)22-21(26)24-12-10-23(11-13-24)20(25)19-14-27-17-4-2-3-5-18(17)28-19/h2-9,19H,10-14H2,1H3,(H,22,26)/t19-/m0/s1. The molecule has 2 heterocycles. The summed E-state index contributed by atoms with van der Waals surface area (Å²) in [6.07, 6.45) is -0.650. The summed E-state index contributed by atoms with van der Waals surface area (Å²) in [7, 11) is 0. The van der Waals surface area contributed by atoms with Gasteiger partial charge in [-0.15, -0.1) is 0 Å². The molecule has 3 amide bonds. The van der Waals surface area contributed by atoms with E-state index in [0.717, 1.165) is 11.3 Å². The zero-order valence-electron chi connectivity index (χ0n) is 15.8. The fourth-order valence-corrected chi connectivity index (χ4v) is 3.31. The van der Waals surface area contributed by atoms with Crippen molar-refractivity contribution in [2.24, 2.45) is 0 Å². The smallest absolute Gasteiger partial charge is 0.321 e. The number of amides is 3. The van der Waals surface area contributed by atoms with Gasteiger partial charge in [0.25, 0.3) is 5.91 Å². The minimum atomic E-state index is -0.650. The van der Waals surface area contributed by atoms with E-state index in [0.29, 0.717) is 37.7 Å². The first-order valence-electron chi connectivity index (χ1n) is 9.40. The van der Waals surface area contributed by atoms with Crippen molar-refractivity contribution in [3.63, 3.8) is 0 Å². The number of nitrogens with one attached hydrogen (secondary N) is 1. The molecule has 0 spiro atoms. The second-order valence-corrected chi connectivity index (χ2v) is 6.97. The third kappa shape index (κ3) is 3.88. The van der Waals surface area contributed by atoms with E-state index in [4.69, 9.17) is 9.47 Å². The molecule has 0 aliphatic carbocycles. The maximum atomic E-state index is 12.8. The van der Waals surface area contributed by atoms with Gasteiger partial charge in [-0.2, -0.15) is 0 Å². The van der Waals surface area contributed by atoms with Crippen molar-refractivity contribution in [3.8, 4) is 11.5 Å². The van der Waals surface area contributed by atoms with Crippen molar-refractivity contribution >= 4 is 17.6 Å². The lowest BCUT2D eigenvalue weighted by atomic mass is 10.2. The highest BCUT2D eigenvalue weighted by Crippen LogP contribution is 2.31. The summed E-state index contributed by atoms with van der Waals surface area (Å²) in [4.78, 5) is 28.7. The van der Waals surface area contributed by atoms with Crippen molar-refractivity contribution in [1.29, 1.82) is 0 Å². The van der Waals surface area contributed by atoms with E-state index in [1.807, 2.05) is 49.4 Å². The number of para-hydroxylation sites is 2. The number of carbonyl (C=O) groups is 2. The summed E-state index contributed by atoms with van der Waals surface area (Å²) >= 11 is 0. The quantitative estimate of drug-likeness (QED) is 0.868. The highest BCUT2D eigenvalue weighted by molar-refractivity contribution is 5.89. The number of anilines is 1. The van der Waals surface area contributed by atoms with E-state index < -0.39 is 6.10 Å². The highest BCUT2D eigenvalue weighted by atomic mass is 16.6. The molecule has 0 saturated carbocycles. The molecule has 7 nitrogen and oxygen atoms in total. The molecule has 0 unspecified atom stereocenters. The van der Waals surface area contributed by atoms with Gasteiger partial charge in [0.05, 0.1) is 0 Å². The molecule has 2 aromatic rings. The van der Waals surface area contributed by atoms with Crippen molar-refractivity contribution in [2.45, 2.75) is 13.0 Å². The van der Waals surface area contributed by atoms with Crippen molar-refractivity contribution in [3.05, 3.63) is 54.1 Å². The van der Waals surface area contributed by atoms with Crippen molar-refractivity contribution in [1.82, 2.24) is 9.80 Å². The molecule has 0 aromatic heterocycles. The predicted octanol–water partition coefficient (Wildman–Crippen LogP) is 2.51. The Hall–Kier alpha value is -3.22. The van der Waals surface area contributed by atoms with E-state index in [2.05, 4.69) is 5.32 Å². The Morgan fingerprint density at radius 1 is 0.929 bits per heavy atom. The fraction of sp³-hybridized carbons (Fsp3) is 0.333. The molecule has 1 saturated heterocycles. The summed E-state index contributed by atoms with van der Waals surface area (Å²) in [6, 6.07) is 14.8. The molecule has 1 N–H and O–H groups in total. The first-order valence-corrected chi connectivity index (χ1v) is 9.40. The minimum Gasteiger partial charge on any atom is -0.485 e. The van der Waals surface area contributed by atoms with Gasteiger partial charge in [-0.3, -0.25) is 4.79 Å². The van der Waals surface area contributed by atoms with Gasteiger partial charge in [0, 0.05) is 31.9 Å². The molecule has 0 radical (unpaired) electrons. The molecule has 1 fully saturated rings. The van der Waals surface area contributed by atoms with Gasteiger partial charge < -0.3 is 24.6 Å². The van der Waals surface area contributed by atoms with E-state index >= 15 is 0 Å². The number of carbonyl (C=O) groups excluding carboxylic acids is 2. The molecule has 2 aliphatic heterocycles. The van der Waals surface area contributed by atoms with Gasteiger partial charge in [0.2, 0.25) is 6.10 Å². The average molecular weight is 381 g/mol. The summed E-state index contributed by atoms with van der Waals surface area (Å²) in [5.41, 5.74) is 1.90. The number of rotatable bonds is 2. The van der Waals surface area contributed by atoms with Crippen LogP contribution >= 0.6 is 0 Å². The van der Waals surface area contributed by atoms with Gasteiger partial charge in [-0.25, -0.2) is 4.79 Å². The molecular formula is C21H23N3O4. The van der Waals surface area contributed by atoms with E-state index in [9.17, 15) is 9.59 Å². The number of piperazine rings is 1. The SMILES string of the molecule is Cc1ccc(NC(=O)N2CCN(C(=O)[C@@H]3COc4ccccc4O3)CC2)cc1. The maximum absolute atomic E-state index is 12.8. The number of urea groups is 1. The predicted molar refractivity (Wildman–Crippen MR) is 105 cm³/mol. The number of fused-ring (bicyclic) bond motifs is 1. The lowest BCUT2D eigenvalue weighted by molar-refractivity contribution is -0.142. The lowest BCUT2D eigenvalue weighted by Gasteiger charge is -2.37. The van der Waals surface area contributed by atoms with Crippen LogP contribution < -0.4 is 14.8 Å². The van der Waals surface area contributed by atoms with Crippen molar-refractivity contribution in [2.75, 3.05) is 38.1 Å². The van der Waals surface area contributed by atoms with Crippen LogP contribution in [0.2, 0.25) is 0 Å². The Bertz CT molecular complexity index is 860. The van der Waals surface area contributed by atoms with Crippen LogP contribution in [-0.2, 0) is 4.79 Å². The molecule has 146 valence electrons. The molecule has 28 heavy (non-hydrogen) atoms. The summed E-state index contributed by atoms with van der Waals surface area (Å²) in [5.74, 6) is 1.14.